The number of carbonyl (C=O) groups is 1. The monoisotopic (exact) mass is 352 g/mol. The summed E-state index contributed by atoms with van der Waals surface area (Å²) < 4.78 is 25.8. The van der Waals surface area contributed by atoms with Gasteiger partial charge in [-0.1, -0.05) is 0 Å². The van der Waals surface area contributed by atoms with E-state index in [2.05, 4.69) is 10.4 Å². The van der Waals surface area contributed by atoms with E-state index < -0.39 is 15.9 Å². The fraction of sp³-hybridized carbons (Fsp3) is 0.750. The fourth-order valence-electron chi connectivity index (χ4n) is 3.70. The first-order valence-electron chi connectivity index (χ1n) is 8.69. The third-order valence-electron chi connectivity index (χ3n) is 5.35. The lowest BCUT2D eigenvalue weighted by Crippen LogP contribution is -2.53. The number of rotatable bonds is 4. The first-order chi connectivity index (χ1) is 11.4. The summed E-state index contributed by atoms with van der Waals surface area (Å²) in [5.41, 5.74) is 0.783. The summed E-state index contributed by atoms with van der Waals surface area (Å²) in [6.45, 7) is 0.246. The molecule has 1 N–H and O–H groups in total. The molecule has 0 unspecified atom stereocenters. The van der Waals surface area contributed by atoms with Crippen LogP contribution in [-0.4, -0.2) is 53.2 Å². The van der Waals surface area contributed by atoms with Crippen molar-refractivity contribution in [3.8, 4) is 0 Å². The zero-order valence-electron chi connectivity index (χ0n) is 13.9. The number of hydrogen-bond acceptors (Lipinski definition) is 4. The van der Waals surface area contributed by atoms with Gasteiger partial charge in [0.1, 0.15) is 0 Å². The molecule has 0 aromatic carbocycles. The number of aryl methyl sites for hydroxylation is 1. The van der Waals surface area contributed by atoms with Crippen molar-refractivity contribution in [3.05, 3.63) is 18.0 Å². The minimum absolute atomic E-state index is 0.0242. The Kier molecular flexibility index (Phi) is 3.82. The van der Waals surface area contributed by atoms with Crippen molar-refractivity contribution in [1.82, 2.24) is 20.0 Å². The molecule has 3 fully saturated rings. The molecule has 132 valence electrons. The molecule has 2 aliphatic carbocycles. The van der Waals surface area contributed by atoms with E-state index in [0.717, 1.165) is 5.56 Å². The number of hydrogen-bond donors (Lipinski definition) is 1. The topological polar surface area (TPSA) is 84.3 Å². The Morgan fingerprint density at radius 1 is 1.29 bits per heavy atom. The van der Waals surface area contributed by atoms with Gasteiger partial charge in [-0.25, -0.2) is 13.2 Å². The van der Waals surface area contributed by atoms with Crippen molar-refractivity contribution in [2.75, 3.05) is 18.1 Å². The zero-order chi connectivity index (χ0) is 16.9. The summed E-state index contributed by atoms with van der Waals surface area (Å²) in [7, 11) is -1.34. The maximum atomic E-state index is 12.9. The van der Waals surface area contributed by atoms with Crippen LogP contribution in [0.4, 0.5) is 4.79 Å². The van der Waals surface area contributed by atoms with Gasteiger partial charge in [-0.05, 0) is 37.5 Å². The lowest BCUT2D eigenvalue weighted by atomic mass is 10.1. The van der Waals surface area contributed by atoms with Crippen LogP contribution in [0.1, 0.15) is 37.3 Å². The largest absolute Gasteiger partial charge is 0.335 e. The van der Waals surface area contributed by atoms with Crippen LogP contribution in [0.15, 0.2) is 12.4 Å². The number of sulfone groups is 1. The maximum absolute atomic E-state index is 12.9. The van der Waals surface area contributed by atoms with E-state index in [-0.39, 0.29) is 30.1 Å². The van der Waals surface area contributed by atoms with Gasteiger partial charge in [-0.2, -0.15) is 5.10 Å². The second-order valence-electron chi connectivity index (χ2n) is 7.42. The van der Waals surface area contributed by atoms with Gasteiger partial charge < -0.3 is 10.2 Å². The minimum Gasteiger partial charge on any atom is -0.335 e. The molecule has 1 aromatic heterocycles. The highest BCUT2D eigenvalue weighted by Gasteiger charge is 2.44. The molecule has 2 heterocycles. The lowest BCUT2D eigenvalue weighted by Gasteiger charge is -2.36. The molecule has 24 heavy (non-hydrogen) atoms. The Labute approximate surface area is 142 Å². The van der Waals surface area contributed by atoms with E-state index in [0.29, 0.717) is 11.8 Å². The summed E-state index contributed by atoms with van der Waals surface area (Å²) in [5.74, 6) is 1.25. The van der Waals surface area contributed by atoms with Crippen LogP contribution in [0.2, 0.25) is 0 Å². The maximum Gasteiger partial charge on any atom is 0.318 e. The van der Waals surface area contributed by atoms with Crippen LogP contribution in [-0.2, 0) is 16.9 Å². The molecule has 2 amide bonds. The molecule has 1 aliphatic heterocycles. The minimum atomic E-state index is -3.13. The third kappa shape index (κ3) is 3.29. The quantitative estimate of drug-likeness (QED) is 0.879. The molecular weight excluding hydrogens is 328 g/mol. The number of nitrogens with zero attached hydrogens (tertiary/aromatic N) is 3. The normalized spacial score (nSPS) is 26.6. The van der Waals surface area contributed by atoms with Crippen molar-refractivity contribution in [1.29, 1.82) is 0 Å². The van der Waals surface area contributed by atoms with Gasteiger partial charge in [0.2, 0.25) is 0 Å². The summed E-state index contributed by atoms with van der Waals surface area (Å²) in [5, 5.41) is 7.34. The number of urea groups is 1. The van der Waals surface area contributed by atoms with Crippen molar-refractivity contribution in [3.63, 3.8) is 0 Å². The summed E-state index contributed by atoms with van der Waals surface area (Å²) in [6.07, 6.45) is 8.24. The Bertz CT molecular complexity index is 724. The summed E-state index contributed by atoms with van der Waals surface area (Å²) in [4.78, 5) is 14.6. The van der Waals surface area contributed by atoms with E-state index in [9.17, 15) is 13.2 Å². The first-order valence-corrected chi connectivity index (χ1v) is 10.5. The second kappa shape index (κ2) is 5.75. The third-order valence-corrected chi connectivity index (χ3v) is 6.98. The average molecular weight is 352 g/mol. The average Bonchev–Trinajstić information content (AvgIpc) is 3.43. The van der Waals surface area contributed by atoms with E-state index in [4.69, 9.17) is 0 Å². The number of amides is 2. The smallest absolute Gasteiger partial charge is 0.318 e. The van der Waals surface area contributed by atoms with Crippen LogP contribution in [0.5, 0.6) is 0 Å². The number of carbonyl (C=O) groups excluding carboxylic acids is 1. The van der Waals surface area contributed by atoms with E-state index >= 15 is 0 Å². The van der Waals surface area contributed by atoms with Gasteiger partial charge >= 0.3 is 6.03 Å². The molecule has 1 atom stereocenters. The molecule has 0 radical (unpaired) electrons. The van der Waals surface area contributed by atoms with Crippen LogP contribution < -0.4 is 5.32 Å². The predicted molar refractivity (Wildman–Crippen MR) is 89.1 cm³/mol. The molecule has 7 nitrogen and oxygen atoms in total. The molecule has 8 heteroatoms. The first kappa shape index (κ1) is 15.9. The summed E-state index contributed by atoms with van der Waals surface area (Å²) in [6, 6.07) is -0.301. The van der Waals surface area contributed by atoms with Crippen molar-refractivity contribution in [2.24, 2.45) is 18.9 Å². The molecule has 3 aliphatic rings. The van der Waals surface area contributed by atoms with E-state index in [1.807, 2.05) is 0 Å². The van der Waals surface area contributed by atoms with Crippen LogP contribution in [0, 0.1) is 11.8 Å². The number of nitrogens with one attached hydrogen (secondary N) is 1. The van der Waals surface area contributed by atoms with Crippen molar-refractivity contribution >= 4 is 15.9 Å². The fourth-order valence-corrected chi connectivity index (χ4v) is 5.19. The highest BCUT2D eigenvalue weighted by molar-refractivity contribution is 7.91. The predicted octanol–water partition coefficient (Wildman–Crippen LogP) is 1.09. The van der Waals surface area contributed by atoms with Crippen LogP contribution in [0.25, 0.3) is 0 Å². The second-order valence-corrected chi connectivity index (χ2v) is 9.65. The van der Waals surface area contributed by atoms with E-state index in [1.165, 1.54) is 25.7 Å². The highest BCUT2D eigenvalue weighted by atomic mass is 32.2. The highest BCUT2D eigenvalue weighted by Crippen LogP contribution is 2.44. The molecule has 4 rings (SSSR count). The van der Waals surface area contributed by atoms with Crippen LogP contribution >= 0.6 is 0 Å². The Morgan fingerprint density at radius 3 is 2.50 bits per heavy atom. The Morgan fingerprint density at radius 2 is 1.96 bits per heavy atom. The lowest BCUT2D eigenvalue weighted by molar-refractivity contribution is 0.174. The SMILES string of the molecule is Cn1cc([C@@H]2CS(=O)(=O)CCN2C(=O)NC(C2CC2)C2CC2)cn1. The molecule has 0 spiro atoms. The van der Waals surface area contributed by atoms with Crippen molar-refractivity contribution in [2.45, 2.75) is 37.8 Å². The van der Waals surface area contributed by atoms with Crippen molar-refractivity contribution < 1.29 is 13.2 Å². The Balaban J connectivity index is 1.53. The van der Waals surface area contributed by atoms with Gasteiger partial charge in [0.25, 0.3) is 0 Å². The zero-order valence-corrected chi connectivity index (χ0v) is 14.7. The van der Waals surface area contributed by atoms with Gasteiger partial charge in [0.05, 0.1) is 23.7 Å². The van der Waals surface area contributed by atoms with Gasteiger partial charge in [0, 0.05) is 31.4 Å². The Hall–Kier alpha value is -1.57. The molecule has 1 aromatic rings. The molecule has 2 saturated carbocycles. The number of aromatic nitrogens is 2. The van der Waals surface area contributed by atoms with Gasteiger partial charge in [-0.3, -0.25) is 4.68 Å². The van der Waals surface area contributed by atoms with Crippen LogP contribution in [0.3, 0.4) is 0 Å². The molecule has 0 bridgehead atoms. The van der Waals surface area contributed by atoms with E-state index in [1.54, 1.807) is 29.0 Å². The summed E-state index contributed by atoms with van der Waals surface area (Å²) >= 11 is 0. The molecule has 1 saturated heterocycles. The van der Waals surface area contributed by atoms with Gasteiger partial charge in [-0.15, -0.1) is 0 Å². The van der Waals surface area contributed by atoms with Gasteiger partial charge in [0.15, 0.2) is 9.84 Å². The molecular formula is C16H24N4O3S. The standard InChI is InChI=1S/C16H24N4O3S/c1-19-9-13(8-17-19)14-10-24(22,23)7-6-20(14)16(21)18-15(11-2-3-11)12-4-5-12/h8-9,11-12,14-15H,2-7,10H2,1H3,(H,18,21)/t14-/m0/s1.